The van der Waals surface area contributed by atoms with Crippen LogP contribution in [0.3, 0.4) is 0 Å². The second kappa shape index (κ2) is 7.57. The molecule has 0 bridgehead atoms. The van der Waals surface area contributed by atoms with Crippen molar-refractivity contribution in [2.75, 3.05) is 0 Å². The monoisotopic (exact) mass is 449 g/mol. The summed E-state index contributed by atoms with van der Waals surface area (Å²) < 4.78 is 54.4. The third kappa shape index (κ3) is 3.30. The van der Waals surface area contributed by atoms with Crippen LogP contribution in [0.15, 0.2) is 89.2 Å². The summed E-state index contributed by atoms with van der Waals surface area (Å²) in [6.45, 7) is 0. The zero-order valence-corrected chi connectivity index (χ0v) is 17.0. The number of hydrogen-bond donors (Lipinski definition) is 0. The number of nitrogens with zero attached hydrogens (tertiary/aromatic N) is 5. The van der Waals surface area contributed by atoms with Crippen LogP contribution >= 0.6 is 0 Å². The van der Waals surface area contributed by atoms with E-state index >= 15 is 0 Å². The van der Waals surface area contributed by atoms with E-state index in [9.17, 15) is 17.2 Å². The van der Waals surface area contributed by atoms with Crippen LogP contribution in [0.1, 0.15) is 0 Å². The summed E-state index contributed by atoms with van der Waals surface area (Å²) in [6.07, 6.45) is 4.67. The molecule has 3 aromatic heterocycles. The predicted octanol–water partition coefficient (Wildman–Crippen LogP) is 3.96. The summed E-state index contributed by atoms with van der Waals surface area (Å²) in [5, 5.41) is 12.3. The van der Waals surface area contributed by atoms with E-state index in [1.54, 1.807) is 30.6 Å². The SMILES string of the molecule is O=S(=O)(c1ccccc1)c1ccc(-c2c(-c3ccc(F)c(F)c3)nn3ccncc23)nn1. The highest BCUT2D eigenvalue weighted by atomic mass is 32.2. The maximum Gasteiger partial charge on any atom is 0.225 e. The zero-order valence-electron chi connectivity index (χ0n) is 16.2. The van der Waals surface area contributed by atoms with Crippen molar-refractivity contribution >= 4 is 15.4 Å². The van der Waals surface area contributed by atoms with E-state index in [4.69, 9.17) is 0 Å². The first-order chi connectivity index (χ1) is 15.4. The quantitative estimate of drug-likeness (QED) is 0.413. The van der Waals surface area contributed by atoms with E-state index in [2.05, 4.69) is 20.3 Å². The van der Waals surface area contributed by atoms with Gasteiger partial charge in [-0.1, -0.05) is 18.2 Å². The van der Waals surface area contributed by atoms with Gasteiger partial charge in [-0.25, -0.2) is 21.7 Å². The summed E-state index contributed by atoms with van der Waals surface area (Å²) in [7, 11) is -3.84. The lowest BCUT2D eigenvalue weighted by Gasteiger charge is -2.06. The molecule has 0 saturated heterocycles. The van der Waals surface area contributed by atoms with Crippen LogP contribution in [-0.2, 0) is 9.84 Å². The number of fused-ring (bicyclic) bond motifs is 1. The molecule has 10 heteroatoms. The second-order valence-corrected chi connectivity index (χ2v) is 8.73. The lowest BCUT2D eigenvalue weighted by molar-refractivity contribution is 0.509. The smallest absolute Gasteiger partial charge is 0.225 e. The predicted molar refractivity (Wildman–Crippen MR) is 111 cm³/mol. The van der Waals surface area contributed by atoms with Gasteiger partial charge in [0.1, 0.15) is 5.69 Å². The third-order valence-electron chi connectivity index (χ3n) is 4.86. The fraction of sp³-hybridized carbons (Fsp3) is 0. The lowest BCUT2D eigenvalue weighted by Crippen LogP contribution is -2.05. The number of halogens is 2. The number of aromatic nitrogens is 5. The Balaban J connectivity index is 1.66. The van der Waals surface area contributed by atoms with Crippen molar-refractivity contribution in [1.29, 1.82) is 0 Å². The van der Waals surface area contributed by atoms with Crippen molar-refractivity contribution in [2.24, 2.45) is 0 Å². The Morgan fingerprint density at radius 1 is 0.875 bits per heavy atom. The molecule has 7 nitrogen and oxygen atoms in total. The second-order valence-electron chi connectivity index (χ2n) is 6.83. The number of hydrogen-bond acceptors (Lipinski definition) is 6. The Morgan fingerprint density at radius 2 is 1.69 bits per heavy atom. The Labute approximate surface area is 180 Å². The van der Waals surface area contributed by atoms with Gasteiger partial charge in [0.05, 0.1) is 27.9 Å². The van der Waals surface area contributed by atoms with E-state index in [1.807, 2.05) is 0 Å². The summed E-state index contributed by atoms with van der Waals surface area (Å²) >= 11 is 0. The average molecular weight is 449 g/mol. The largest absolute Gasteiger partial charge is 0.261 e. The average Bonchev–Trinajstić information content (AvgIpc) is 3.21. The molecule has 0 radical (unpaired) electrons. The minimum Gasteiger partial charge on any atom is -0.261 e. The van der Waals surface area contributed by atoms with Crippen LogP contribution in [0.5, 0.6) is 0 Å². The molecule has 0 aliphatic heterocycles. The Bertz CT molecular complexity index is 1550. The minimum absolute atomic E-state index is 0.102. The van der Waals surface area contributed by atoms with E-state index in [0.29, 0.717) is 28.0 Å². The van der Waals surface area contributed by atoms with Crippen LogP contribution in [0, 0.1) is 11.6 Å². The molecule has 0 N–H and O–H groups in total. The number of benzene rings is 2. The lowest BCUT2D eigenvalue weighted by atomic mass is 10.0. The fourth-order valence-corrected chi connectivity index (χ4v) is 4.47. The highest BCUT2D eigenvalue weighted by Gasteiger charge is 2.22. The zero-order chi connectivity index (χ0) is 22.3. The summed E-state index contributed by atoms with van der Waals surface area (Å²) in [6, 6.07) is 14.2. The molecule has 0 aliphatic carbocycles. The van der Waals surface area contributed by atoms with Gasteiger partial charge in [-0.15, -0.1) is 10.2 Å². The van der Waals surface area contributed by atoms with Gasteiger partial charge in [0.25, 0.3) is 0 Å². The van der Waals surface area contributed by atoms with E-state index in [-0.39, 0.29) is 9.92 Å². The molecule has 5 aromatic rings. The molecule has 0 saturated carbocycles. The van der Waals surface area contributed by atoms with Crippen LogP contribution < -0.4 is 0 Å². The standard InChI is InChI=1S/C22H13F2N5O2S/c23-16-7-6-14(12-17(16)24)22-21(19-13-25-10-11-29(19)28-22)18-8-9-20(27-26-18)32(30,31)15-4-2-1-3-5-15/h1-13H. The van der Waals surface area contributed by atoms with Gasteiger partial charge in [0, 0.05) is 18.0 Å². The first-order valence-corrected chi connectivity index (χ1v) is 10.9. The highest BCUT2D eigenvalue weighted by Crippen LogP contribution is 2.34. The van der Waals surface area contributed by atoms with Crippen molar-refractivity contribution in [3.8, 4) is 22.5 Å². The molecular formula is C22H13F2N5O2S. The molecule has 0 aliphatic rings. The van der Waals surface area contributed by atoms with Crippen molar-refractivity contribution in [2.45, 2.75) is 9.92 Å². The van der Waals surface area contributed by atoms with Crippen molar-refractivity contribution in [3.05, 3.63) is 90.9 Å². The normalized spacial score (nSPS) is 11.7. The molecule has 0 spiro atoms. The van der Waals surface area contributed by atoms with Crippen LogP contribution in [0.25, 0.3) is 28.0 Å². The molecule has 158 valence electrons. The molecule has 0 fully saturated rings. The van der Waals surface area contributed by atoms with Gasteiger partial charge >= 0.3 is 0 Å². The Morgan fingerprint density at radius 3 is 2.41 bits per heavy atom. The first-order valence-electron chi connectivity index (χ1n) is 9.37. The topological polar surface area (TPSA) is 90.1 Å². The summed E-state index contributed by atoms with van der Waals surface area (Å²) in [4.78, 5) is 4.20. The van der Waals surface area contributed by atoms with E-state index in [1.165, 1.54) is 41.0 Å². The van der Waals surface area contributed by atoms with Crippen LogP contribution in [0.2, 0.25) is 0 Å². The molecular weight excluding hydrogens is 436 g/mol. The van der Waals surface area contributed by atoms with Crippen LogP contribution in [0.4, 0.5) is 8.78 Å². The van der Waals surface area contributed by atoms with Crippen molar-refractivity contribution < 1.29 is 17.2 Å². The molecule has 0 unspecified atom stereocenters. The molecule has 0 atom stereocenters. The highest BCUT2D eigenvalue weighted by molar-refractivity contribution is 7.91. The van der Waals surface area contributed by atoms with Crippen molar-refractivity contribution in [3.63, 3.8) is 0 Å². The molecule has 2 aromatic carbocycles. The maximum absolute atomic E-state index is 13.9. The van der Waals surface area contributed by atoms with Crippen LogP contribution in [-0.4, -0.2) is 33.2 Å². The van der Waals surface area contributed by atoms with Gasteiger partial charge < -0.3 is 0 Å². The summed E-state index contributed by atoms with van der Waals surface area (Å²) in [5.41, 5.74) is 1.95. The van der Waals surface area contributed by atoms with E-state index in [0.717, 1.165) is 12.1 Å². The van der Waals surface area contributed by atoms with Gasteiger partial charge in [-0.05, 0) is 42.5 Å². The van der Waals surface area contributed by atoms with Gasteiger partial charge in [-0.3, -0.25) is 4.98 Å². The maximum atomic E-state index is 13.9. The van der Waals surface area contributed by atoms with Gasteiger partial charge in [0.15, 0.2) is 16.7 Å². The number of sulfone groups is 1. The van der Waals surface area contributed by atoms with Gasteiger partial charge in [-0.2, -0.15) is 5.10 Å². The molecule has 3 heterocycles. The summed E-state index contributed by atoms with van der Waals surface area (Å²) in [5.74, 6) is -1.99. The Kier molecular flexibility index (Phi) is 4.71. The van der Waals surface area contributed by atoms with Crippen molar-refractivity contribution in [1.82, 2.24) is 24.8 Å². The Hall–Kier alpha value is -4.05. The number of rotatable bonds is 4. The molecule has 0 amide bonds. The van der Waals surface area contributed by atoms with Gasteiger partial charge in [0.2, 0.25) is 9.84 Å². The molecule has 32 heavy (non-hydrogen) atoms. The first kappa shape index (κ1) is 19.9. The minimum atomic E-state index is -3.84. The fourth-order valence-electron chi connectivity index (χ4n) is 3.32. The third-order valence-corrected chi connectivity index (χ3v) is 6.52. The van der Waals surface area contributed by atoms with E-state index < -0.39 is 21.5 Å². The molecule has 5 rings (SSSR count).